The molecule has 4 aromatic rings. The molecule has 1 aliphatic rings. The molecule has 45 heavy (non-hydrogen) atoms. The third-order valence-electron chi connectivity index (χ3n) is 6.41. The predicted octanol–water partition coefficient (Wildman–Crippen LogP) is 6.19. The number of hydrogen-bond acceptors (Lipinski definition) is 7. The second-order valence-corrected chi connectivity index (χ2v) is 10.7. The molecule has 1 aliphatic heterocycles. The van der Waals surface area contributed by atoms with Crippen LogP contribution in [0.4, 0.5) is 33.7 Å². The van der Waals surface area contributed by atoms with Crippen molar-refractivity contribution in [1.29, 1.82) is 5.26 Å². The number of aromatic nitrogens is 3. The zero-order chi connectivity index (χ0) is 32.1. The SMILES string of the molecule is Cc1ccc(COCC(F)(F)F)c(N2C(=O)CS/C2=N\C(=O)Nc2ccc(-c3ncn(-c4ccc(CC#N)cc4)n3)cc2F)c1. The van der Waals surface area contributed by atoms with Crippen molar-refractivity contribution in [2.24, 2.45) is 4.99 Å². The van der Waals surface area contributed by atoms with Crippen molar-refractivity contribution >= 4 is 40.2 Å². The van der Waals surface area contributed by atoms with Gasteiger partial charge in [0.2, 0.25) is 5.91 Å². The first-order chi connectivity index (χ1) is 21.5. The lowest BCUT2D eigenvalue weighted by Gasteiger charge is -2.21. The van der Waals surface area contributed by atoms with Gasteiger partial charge in [0.1, 0.15) is 18.8 Å². The summed E-state index contributed by atoms with van der Waals surface area (Å²) >= 11 is 0.960. The van der Waals surface area contributed by atoms with Crippen molar-refractivity contribution < 1.29 is 31.9 Å². The van der Waals surface area contributed by atoms with Gasteiger partial charge in [-0.05, 0) is 54.4 Å². The number of rotatable bonds is 8. The zero-order valence-electron chi connectivity index (χ0n) is 23.5. The maximum atomic E-state index is 15.0. The summed E-state index contributed by atoms with van der Waals surface area (Å²) in [4.78, 5) is 34.9. The van der Waals surface area contributed by atoms with E-state index in [1.54, 1.807) is 43.3 Å². The van der Waals surface area contributed by atoms with Gasteiger partial charge in [-0.2, -0.15) is 23.4 Å². The minimum absolute atomic E-state index is 0.0207. The van der Waals surface area contributed by atoms with Crippen LogP contribution in [-0.2, 0) is 22.6 Å². The number of urea groups is 1. The molecule has 1 fully saturated rings. The van der Waals surface area contributed by atoms with Crippen molar-refractivity contribution in [1.82, 2.24) is 14.8 Å². The van der Waals surface area contributed by atoms with Crippen LogP contribution in [0, 0.1) is 24.1 Å². The van der Waals surface area contributed by atoms with Crippen molar-refractivity contribution in [2.75, 3.05) is 22.6 Å². The highest BCUT2D eigenvalue weighted by Crippen LogP contribution is 2.32. The molecule has 0 radical (unpaired) electrons. The predicted molar refractivity (Wildman–Crippen MR) is 159 cm³/mol. The van der Waals surface area contributed by atoms with E-state index < -0.39 is 37.1 Å². The largest absolute Gasteiger partial charge is 0.411 e. The number of alkyl halides is 3. The van der Waals surface area contributed by atoms with Gasteiger partial charge < -0.3 is 10.1 Å². The highest BCUT2D eigenvalue weighted by molar-refractivity contribution is 8.15. The number of benzene rings is 3. The number of anilines is 2. The van der Waals surface area contributed by atoms with E-state index in [2.05, 4.69) is 26.5 Å². The summed E-state index contributed by atoms with van der Waals surface area (Å²) in [5.41, 5.74) is 2.96. The van der Waals surface area contributed by atoms with Crippen LogP contribution in [0.5, 0.6) is 0 Å². The minimum Gasteiger partial charge on any atom is -0.367 e. The molecule has 15 heteroatoms. The monoisotopic (exact) mass is 637 g/mol. The molecule has 0 unspecified atom stereocenters. The molecular formula is C30H23F4N7O3S. The van der Waals surface area contributed by atoms with Gasteiger partial charge in [-0.15, -0.1) is 5.10 Å². The van der Waals surface area contributed by atoms with Gasteiger partial charge in [-0.3, -0.25) is 9.69 Å². The highest BCUT2D eigenvalue weighted by atomic mass is 32.2. The Bertz CT molecular complexity index is 1820. The molecule has 1 N–H and O–H groups in total. The summed E-state index contributed by atoms with van der Waals surface area (Å²) < 4.78 is 59.2. The third-order valence-corrected chi connectivity index (χ3v) is 7.34. The van der Waals surface area contributed by atoms with Gasteiger partial charge in [0.15, 0.2) is 11.0 Å². The van der Waals surface area contributed by atoms with E-state index in [0.29, 0.717) is 22.4 Å². The summed E-state index contributed by atoms with van der Waals surface area (Å²) in [5, 5.41) is 15.5. The standard InChI is InChI=1S/C30H23F4N7O3S/c1-18-2-5-21(14-44-16-30(32,33)34)25(12-18)41-26(42)15-45-29(41)38-28(43)37-24-9-6-20(13-23(24)31)27-36-17-40(39-27)22-7-3-19(4-8-22)10-11-35/h2-9,12-13,17H,10,14-16H2,1H3,(H,37,43)/b38-29-. The maximum Gasteiger partial charge on any atom is 0.411 e. The number of nitriles is 1. The van der Waals surface area contributed by atoms with Crippen molar-refractivity contribution in [2.45, 2.75) is 26.1 Å². The number of amidine groups is 1. The van der Waals surface area contributed by atoms with E-state index in [1.165, 1.54) is 29.2 Å². The number of aliphatic imine (C=N–C) groups is 1. The number of nitrogens with zero attached hydrogens (tertiary/aromatic N) is 6. The average Bonchev–Trinajstić information content (AvgIpc) is 3.62. The van der Waals surface area contributed by atoms with Crippen LogP contribution in [0.3, 0.4) is 0 Å². The molecule has 10 nitrogen and oxygen atoms in total. The number of nitrogens with one attached hydrogen (secondary N) is 1. The Morgan fingerprint density at radius 2 is 1.93 bits per heavy atom. The number of carbonyl (C=O) groups is 2. The summed E-state index contributed by atoms with van der Waals surface area (Å²) in [6.07, 6.45) is -2.77. The fraction of sp³-hybridized carbons (Fsp3) is 0.200. The van der Waals surface area contributed by atoms with Gasteiger partial charge in [0, 0.05) is 11.1 Å². The van der Waals surface area contributed by atoms with E-state index >= 15 is 4.39 Å². The molecule has 0 atom stereocenters. The molecule has 0 spiro atoms. The zero-order valence-corrected chi connectivity index (χ0v) is 24.3. The van der Waals surface area contributed by atoms with Crippen LogP contribution < -0.4 is 10.2 Å². The maximum absolute atomic E-state index is 15.0. The lowest BCUT2D eigenvalue weighted by Crippen LogP contribution is -2.31. The summed E-state index contributed by atoms with van der Waals surface area (Å²) in [7, 11) is 0. The summed E-state index contributed by atoms with van der Waals surface area (Å²) in [5.74, 6) is -1.05. The van der Waals surface area contributed by atoms with Crippen molar-refractivity contribution in [3.63, 3.8) is 0 Å². The first kappa shape index (κ1) is 31.4. The van der Waals surface area contributed by atoms with Gasteiger partial charge in [0.05, 0.1) is 41.9 Å². The number of thioether (sulfide) groups is 1. The lowest BCUT2D eigenvalue weighted by atomic mass is 10.1. The Morgan fingerprint density at radius 1 is 1.16 bits per heavy atom. The number of carbonyl (C=O) groups excluding carboxylic acids is 2. The van der Waals surface area contributed by atoms with Crippen LogP contribution in [-0.4, -0.2) is 50.4 Å². The number of amides is 3. The van der Waals surface area contributed by atoms with E-state index in [4.69, 9.17) is 10.00 Å². The van der Waals surface area contributed by atoms with E-state index in [-0.39, 0.29) is 34.5 Å². The number of ether oxygens (including phenoxy) is 1. The molecule has 5 rings (SSSR count). The topological polar surface area (TPSA) is 125 Å². The number of hydrogen-bond donors (Lipinski definition) is 1. The molecule has 3 amide bonds. The minimum atomic E-state index is -4.52. The summed E-state index contributed by atoms with van der Waals surface area (Å²) in [6, 6.07) is 17.0. The molecule has 230 valence electrons. The lowest BCUT2D eigenvalue weighted by molar-refractivity contribution is -0.176. The smallest absolute Gasteiger partial charge is 0.367 e. The number of aryl methyl sites for hydroxylation is 1. The summed E-state index contributed by atoms with van der Waals surface area (Å²) in [6.45, 7) is -0.155. The Balaban J connectivity index is 1.30. The van der Waals surface area contributed by atoms with Crippen LogP contribution in [0.15, 0.2) is 72.0 Å². The number of halogens is 4. The van der Waals surface area contributed by atoms with Gasteiger partial charge in [0.25, 0.3) is 0 Å². The Labute approximate surface area is 258 Å². The fourth-order valence-corrected chi connectivity index (χ4v) is 5.18. The van der Waals surface area contributed by atoms with Gasteiger partial charge in [-0.25, -0.2) is 18.9 Å². The molecular weight excluding hydrogens is 614 g/mol. The van der Waals surface area contributed by atoms with Crippen LogP contribution in [0.1, 0.15) is 16.7 Å². The van der Waals surface area contributed by atoms with E-state index in [0.717, 1.165) is 28.3 Å². The van der Waals surface area contributed by atoms with E-state index in [1.807, 2.05) is 0 Å². The molecule has 1 saturated heterocycles. The van der Waals surface area contributed by atoms with Crippen molar-refractivity contribution in [3.05, 3.63) is 89.5 Å². The van der Waals surface area contributed by atoms with Crippen LogP contribution in [0.2, 0.25) is 0 Å². The molecule has 0 aliphatic carbocycles. The highest BCUT2D eigenvalue weighted by Gasteiger charge is 2.33. The Morgan fingerprint density at radius 3 is 2.64 bits per heavy atom. The molecule has 3 aromatic carbocycles. The van der Waals surface area contributed by atoms with E-state index in [9.17, 15) is 22.8 Å². The third kappa shape index (κ3) is 7.72. The quantitative estimate of drug-likeness (QED) is 0.228. The molecule has 1 aromatic heterocycles. The van der Waals surface area contributed by atoms with Gasteiger partial charge >= 0.3 is 12.2 Å². The first-order valence-corrected chi connectivity index (χ1v) is 14.3. The normalized spacial score (nSPS) is 14.2. The van der Waals surface area contributed by atoms with Gasteiger partial charge in [-0.1, -0.05) is 36.0 Å². The average molecular weight is 638 g/mol. The van der Waals surface area contributed by atoms with Crippen LogP contribution in [0.25, 0.3) is 17.1 Å². The first-order valence-electron chi connectivity index (χ1n) is 13.3. The Kier molecular flexibility index (Phi) is 9.26. The second kappa shape index (κ2) is 13.3. The Hall–Kier alpha value is -5.07. The van der Waals surface area contributed by atoms with Crippen molar-refractivity contribution in [3.8, 4) is 23.1 Å². The fourth-order valence-electron chi connectivity index (χ4n) is 4.33. The van der Waals surface area contributed by atoms with Crippen LogP contribution >= 0.6 is 11.8 Å². The molecule has 2 heterocycles. The molecule has 0 bridgehead atoms. The molecule has 0 saturated carbocycles. The second-order valence-electron chi connectivity index (χ2n) is 9.79.